The lowest BCUT2D eigenvalue weighted by atomic mass is 10.3. The van der Waals surface area contributed by atoms with Gasteiger partial charge in [0, 0.05) is 16.7 Å². The highest BCUT2D eigenvalue weighted by Crippen LogP contribution is 2.30. The van der Waals surface area contributed by atoms with Gasteiger partial charge in [-0.25, -0.2) is 4.79 Å². The summed E-state index contributed by atoms with van der Waals surface area (Å²) in [4.78, 5) is 21.2. The van der Waals surface area contributed by atoms with Gasteiger partial charge in [0.2, 0.25) is 0 Å². The van der Waals surface area contributed by atoms with Crippen LogP contribution < -0.4 is 4.74 Å². The maximum absolute atomic E-state index is 10.9. The van der Waals surface area contributed by atoms with Crippen molar-refractivity contribution in [2.75, 3.05) is 0 Å². The lowest BCUT2D eigenvalue weighted by Crippen LogP contribution is -1.98. The molecular formula is C12H8ClNO5S. The molecule has 1 aromatic carbocycles. The van der Waals surface area contributed by atoms with Gasteiger partial charge in [-0.2, -0.15) is 0 Å². The molecule has 0 saturated carbocycles. The molecule has 0 unspecified atom stereocenters. The van der Waals surface area contributed by atoms with Gasteiger partial charge in [0.05, 0.1) is 4.92 Å². The number of carbonyl (C=O) groups is 1. The maximum atomic E-state index is 10.9. The van der Waals surface area contributed by atoms with Crippen molar-refractivity contribution in [1.29, 1.82) is 0 Å². The summed E-state index contributed by atoms with van der Waals surface area (Å²) in [5.41, 5.74) is 0.405. The maximum Gasteiger partial charge on any atom is 0.345 e. The number of benzene rings is 1. The first-order valence-corrected chi connectivity index (χ1v) is 6.60. The van der Waals surface area contributed by atoms with Crippen LogP contribution in [0.4, 0.5) is 5.69 Å². The number of hydrogen-bond acceptors (Lipinski definition) is 5. The van der Waals surface area contributed by atoms with E-state index in [2.05, 4.69) is 0 Å². The fraction of sp³-hybridized carbons (Fsp3) is 0.0833. The molecule has 0 radical (unpaired) electrons. The average Bonchev–Trinajstić information content (AvgIpc) is 2.86. The number of nitrogens with zero attached hydrogens (tertiary/aromatic N) is 1. The molecule has 0 atom stereocenters. The monoisotopic (exact) mass is 313 g/mol. The van der Waals surface area contributed by atoms with Crippen LogP contribution in [0.5, 0.6) is 5.75 Å². The summed E-state index contributed by atoms with van der Waals surface area (Å²) < 4.78 is 5.35. The zero-order chi connectivity index (χ0) is 14.7. The van der Waals surface area contributed by atoms with Crippen LogP contribution in [0.2, 0.25) is 5.02 Å². The predicted octanol–water partition coefficient (Wildman–Crippen LogP) is 3.59. The van der Waals surface area contributed by atoms with Gasteiger partial charge in [-0.15, -0.1) is 11.3 Å². The van der Waals surface area contributed by atoms with Crippen LogP contribution in [-0.2, 0) is 6.61 Å². The SMILES string of the molecule is O=C(O)c1cc(COc2ccc(Cl)cc2[N+](=O)[O-])cs1. The molecule has 0 saturated heterocycles. The number of rotatable bonds is 5. The highest BCUT2D eigenvalue weighted by atomic mass is 35.5. The molecule has 8 heteroatoms. The van der Waals surface area contributed by atoms with Gasteiger partial charge in [0.15, 0.2) is 5.75 Å². The third-order valence-corrected chi connectivity index (χ3v) is 3.58. The molecular weight excluding hydrogens is 306 g/mol. The number of ether oxygens (including phenoxy) is 1. The second kappa shape index (κ2) is 5.89. The van der Waals surface area contributed by atoms with Gasteiger partial charge in [-0.05, 0) is 23.6 Å². The van der Waals surface area contributed by atoms with E-state index in [0.29, 0.717) is 5.56 Å². The molecule has 0 fully saturated rings. The van der Waals surface area contributed by atoms with Gasteiger partial charge < -0.3 is 9.84 Å². The Morgan fingerprint density at radius 2 is 2.20 bits per heavy atom. The Balaban J connectivity index is 2.14. The van der Waals surface area contributed by atoms with E-state index in [1.807, 2.05) is 0 Å². The molecule has 0 aliphatic rings. The number of carboxylic acid groups (broad SMARTS) is 1. The summed E-state index contributed by atoms with van der Waals surface area (Å²) in [7, 11) is 0. The van der Waals surface area contributed by atoms with Crippen LogP contribution >= 0.6 is 22.9 Å². The number of hydrogen-bond donors (Lipinski definition) is 1. The number of thiophene rings is 1. The van der Waals surface area contributed by atoms with E-state index in [9.17, 15) is 14.9 Å². The lowest BCUT2D eigenvalue weighted by Gasteiger charge is -2.05. The zero-order valence-electron chi connectivity index (χ0n) is 9.91. The van der Waals surface area contributed by atoms with Crippen molar-refractivity contribution in [1.82, 2.24) is 0 Å². The van der Waals surface area contributed by atoms with Crippen LogP contribution in [0.1, 0.15) is 15.2 Å². The molecule has 1 heterocycles. The van der Waals surface area contributed by atoms with E-state index in [1.165, 1.54) is 24.3 Å². The fourth-order valence-electron chi connectivity index (χ4n) is 1.48. The molecule has 0 amide bonds. The Morgan fingerprint density at radius 3 is 2.80 bits per heavy atom. The third-order valence-electron chi connectivity index (χ3n) is 2.38. The second-order valence-corrected chi connectivity index (χ2v) is 5.13. The Morgan fingerprint density at radius 1 is 1.45 bits per heavy atom. The number of nitro benzene ring substituents is 1. The lowest BCUT2D eigenvalue weighted by molar-refractivity contribution is -0.385. The Kier molecular flexibility index (Phi) is 4.21. The minimum absolute atomic E-state index is 0.0479. The van der Waals surface area contributed by atoms with Crippen LogP contribution in [-0.4, -0.2) is 16.0 Å². The van der Waals surface area contributed by atoms with Crippen molar-refractivity contribution in [3.8, 4) is 5.75 Å². The largest absolute Gasteiger partial charge is 0.482 e. The minimum atomic E-state index is -1.02. The number of aromatic carboxylic acids is 1. The summed E-state index contributed by atoms with van der Waals surface area (Å²) in [5.74, 6) is -0.929. The average molecular weight is 314 g/mol. The first kappa shape index (κ1) is 14.3. The minimum Gasteiger partial charge on any atom is -0.482 e. The number of halogens is 1. The Labute approximate surface area is 122 Å². The molecule has 1 N–H and O–H groups in total. The first-order chi connectivity index (χ1) is 9.47. The van der Waals surface area contributed by atoms with Crippen molar-refractivity contribution < 1.29 is 19.6 Å². The summed E-state index contributed by atoms with van der Waals surface area (Å²) >= 11 is 6.76. The van der Waals surface area contributed by atoms with Gasteiger partial charge in [-0.1, -0.05) is 11.6 Å². The van der Waals surface area contributed by atoms with Gasteiger partial charge in [-0.3, -0.25) is 10.1 Å². The molecule has 104 valence electrons. The Bertz CT molecular complexity index is 670. The Hall–Kier alpha value is -2.12. The highest BCUT2D eigenvalue weighted by molar-refractivity contribution is 7.12. The van der Waals surface area contributed by atoms with E-state index in [4.69, 9.17) is 21.4 Å². The molecule has 0 aliphatic heterocycles. The number of nitro groups is 1. The van der Waals surface area contributed by atoms with E-state index in [-0.39, 0.29) is 27.9 Å². The van der Waals surface area contributed by atoms with E-state index in [0.717, 1.165) is 11.3 Å². The smallest absolute Gasteiger partial charge is 0.345 e. The van der Waals surface area contributed by atoms with Crippen molar-refractivity contribution in [2.24, 2.45) is 0 Å². The quantitative estimate of drug-likeness (QED) is 0.673. The van der Waals surface area contributed by atoms with Crippen molar-refractivity contribution in [2.45, 2.75) is 6.61 Å². The van der Waals surface area contributed by atoms with Gasteiger partial charge in [0.25, 0.3) is 0 Å². The highest BCUT2D eigenvalue weighted by Gasteiger charge is 2.16. The van der Waals surface area contributed by atoms with Crippen molar-refractivity contribution in [3.05, 3.63) is 55.2 Å². The van der Waals surface area contributed by atoms with Crippen LogP contribution in [0, 0.1) is 10.1 Å². The predicted molar refractivity (Wildman–Crippen MR) is 73.7 cm³/mol. The van der Waals surface area contributed by atoms with Crippen molar-refractivity contribution >= 4 is 34.6 Å². The third kappa shape index (κ3) is 3.25. The fourth-order valence-corrected chi connectivity index (χ4v) is 2.38. The molecule has 20 heavy (non-hydrogen) atoms. The molecule has 1 aromatic heterocycles. The molecule has 0 bridgehead atoms. The van der Waals surface area contributed by atoms with E-state index >= 15 is 0 Å². The topological polar surface area (TPSA) is 89.7 Å². The molecule has 0 spiro atoms. The summed E-state index contributed by atoms with van der Waals surface area (Å²) in [6, 6.07) is 5.56. The summed E-state index contributed by atoms with van der Waals surface area (Å²) in [5, 5.41) is 21.5. The van der Waals surface area contributed by atoms with E-state index in [1.54, 1.807) is 5.38 Å². The van der Waals surface area contributed by atoms with Crippen LogP contribution in [0.25, 0.3) is 0 Å². The molecule has 0 aliphatic carbocycles. The van der Waals surface area contributed by atoms with E-state index < -0.39 is 10.9 Å². The van der Waals surface area contributed by atoms with Crippen molar-refractivity contribution in [3.63, 3.8) is 0 Å². The normalized spacial score (nSPS) is 10.2. The standard InChI is InChI=1S/C12H8ClNO5S/c13-8-1-2-10(9(4-8)14(17)18)19-5-7-3-11(12(15)16)20-6-7/h1-4,6H,5H2,(H,15,16). The molecule has 2 aromatic rings. The van der Waals surface area contributed by atoms with Gasteiger partial charge in [0.1, 0.15) is 11.5 Å². The summed E-state index contributed by atoms with van der Waals surface area (Å²) in [6.45, 7) is 0.0479. The zero-order valence-corrected chi connectivity index (χ0v) is 11.5. The second-order valence-electron chi connectivity index (χ2n) is 3.78. The number of carboxylic acids is 1. The van der Waals surface area contributed by atoms with Crippen LogP contribution in [0.3, 0.4) is 0 Å². The van der Waals surface area contributed by atoms with Crippen LogP contribution in [0.15, 0.2) is 29.6 Å². The molecule has 6 nitrogen and oxygen atoms in total. The first-order valence-electron chi connectivity index (χ1n) is 5.35. The van der Waals surface area contributed by atoms with Gasteiger partial charge >= 0.3 is 11.7 Å². The molecule has 2 rings (SSSR count). The summed E-state index contributed by atoms with van der Waals surface area (Å²) in [6.07, 6.45) is 0.